The van der Waals surface area contributed by atoms with Crippen LogP contribution in [0.5, 0.6) is 0 Å². The average Bonchev–Trinajstić information content (AvgIpc) is 2.76. The van der Waals surface area contributed by atoms with Gasteiger partial charge in [-0.15, -0.1) is 0 Å². The molecule has 3 unspecified atom stereocenters. The van der Waals surface area contributed by atoms with E-state index in [0.29, 0.717) is 12.2 Å². The summed E-state index contributed by atoms with van der Waals surface area (Å²) in [6.45, 7) is 2.56. The van der Waals surface area contributed by atoms with Gasteiger partial charge in [-0.1, -0.05) is 28.1 Å². The van der Waals surface area contributed by atoms with E-state index in [1.807, 2.05) is 19.1 Å². The molecule has 0 spiro atoms. The maximum absolute atomic E-state index is 12.1. The van der Waals surface area contributed by atoms with Gasteiger partial charge >= 0.3 is 0 Å². The van der Waals surface area contributed by atoms with Crippen molar-refractivity contribution in [1.29, 1.82) is 0 Å². The average molecular weight is 331 g/mol. The molecule has 0 radical (unpaired) electrons. The molecule has 1 fully saturated rings. The van der Waals surface area contributed by atoms with Crippen molar-refractivity contribution in [3.8, 4) is 0 Å². The van der Waals surface area contributed by atoms with E-state index in [4.69, 9.17) is 4.74 Å². The Morgan fingerprint density at radius 1 is 1.44 bits per heavy atom. The summed E-state index contributed by atoms with van der Waals surface area (Å²) in [5.41, 5.74) is 0.609. The summed E-state index contributed by atoms with van der Waals surface area (Å²) in [6.07, 6.45) is 0.769. The van der Waals surface area contributed by atoms with Crippen molar-refractivity contribution in [2.45, 2.75) is 24.7 Å². The van der Waals surface area contributed by atoms with Crippen LogP contribution in [0.2, 0.25) is 0 Å². The summed E-state index contributed by atoms with van der Waals surface area (Å²) in [6, 6.07) is 7.13. The topological polar surface area (TPSA) is 43.4 Å². The Kier molecular flexibility index (Phi) is 4.70. The Hall–Kier alpha value is -0.520. The normalized spacial score (nSPS) is 25.0. The largest absolute Gasteiger partial charge is 0.377 e. The van der Waals surface area contributed by atoms with Crippen LogP contribution < -0.4 is 0 Å². The minimum Gasteiger partial charge on any atom is -0.377 e. The van der Waals surface area contributed by atoms with Gasteiger partial charge in [0, 0.05) is 27.4 Å². The van der Waals surface area contributed by atoms with Crippen LogP contribution in [-0.2, 0) is 15.5 Å². The molecule has 18 heavy (non-hydrogen) atoms. The van der Waals surface area contributed by atoms with Crippen LogP contribution in [0.15, 0.2) is 28.7 Å². The maximum atomic E-state index is 12.1. The lowest BCUT2D eigenvalue weighted by molar-refractivity contribution is 0.102. The van der Waals surface area contributed by atoms with Crippen molar-refractivity contribution in [2.75, 3.05) is 12.4 Å². The molecule has 1 aliphatic heterocycles. The zero-order valence-electron chi connectivity index (χ0n) is 10.1. The van der Waals surface area contributed by atoms with Crippen molar-refractivity contribution < 1.29 is 13.7 Å². The standard InChI is InChI=1S/C13H15BrO3S/c1-9-13(6-7-17-9)18(16)8-12(15)10-2-4-11(14)5-3-10/h2-5,9,13H,6-8H2,1H3. The van der Waals surface area contributed by atoms with E-state index >= 15 is 0 Å². The third-order valence-electron chi connectivity index (χ3n) is 3.08. The molecular weight excluding hydrogens is 316 g/mol. The second-order valence-electron chi connectivity index (χ2n) is 4.36. The first-order chi connectivity index (χ1) is 8.58. The van der Waals surface area contributed by atoms with Crippen LogP contribution >= 0.6 is 15.9 Å². The van der Waals surface area contributed by atoms with E-state index in [9.17, 15) is 9.00 Å². The van der Waals surface area contributed by atoms with Crippen LogP contribution in [0.3, 0.4) is 0 Å². The van der Waals surface area contributed by atoms with Gasteiger partial charge in [-0.3, -0.25) is 9.00 Å². The van der Waals surface area contributed by atoms with E-state index in [0.717, 1.165) is 10.9 Å². The van der Waals surface area contributed by atoms with Crippen LogP contribution in [0, 0.1) is 0 Å². The molecule has 0 amide bonds. The van der Waals surface area contributed by atoms with E-state index < -0.39 is 10.8 Å². The van der Waals surface area contributed by atoms with Crippen LogP contribution in [-0.4, -0.2) is 33.7 Å². The quantitative estimate of drug-likeness (QED) is 0.797. The molecule has 1 aromatic carbocycles. The zero-order valence-corrected chi connectivity index (χ0v) is 12.5. The summed E-state index contributed by atoms with van der Waals surface area (Å²) in [4.78, 5) is 12.0. The Balaban J connectivity index is 1.99. The first kappa shape index (κ1) is 13.9. The lowest BCUT2D eigenvalue weighted by Gasteiger charge is -2.13. The second kappa shape index (κ2) is 6.08. The Morgan fingerprint density at radius 2 is 2.11 bits per heavy atom. The smallest absolute Gasteiger partial charge is 0.175 e. The monoisotopic (exact) mass is 330 g/mol. The van der Waals surface area contributed by atoms with Crippen molar-refractivity contribution in [3.63, 3.8) is 0 Å². The lowest BCUT2D eigenvalue weighted by atomic mass is 10.2. The lowest BCUT2D eigenvalue weighted by Crippen LogP contribution is -2.27. The molecule has 1 saturated heterocycles. The first-order valence-electron chi connectivity index (χ1n) is 5.85. The molecule has 0 aliphatic carbocycles. The highest BCUT2D eigenvalue weighted by molar-refractivity contribution is 9.10. The summed E-state index contributed by atoms with van der Waals surface area (Å²) in [5, 5.41) is -0.00982. The molecule has 98 valence electrons. The molecule has 0 saturated carbocycles. The summed E-state index contributed by atoms with van der Waals surface area (Å²) < 4.78 is 18.4. The Labute approximate surface area is 117 Å². The zero-order chi connectivity index (χ0) is 13.1. The number of Topliss-reactive ketones (excluding diaryl/α,β-unsaturated/α-hetero) is 1. The van der Waals surface area contributed by atoms with Gasteiger partial charge in [0.1, 0.15) is 0 Å². The van der Waals surface area contributed by atoms with Gasteiger partial charge < -0.3 is 4.74 Å². The number of hydrogen-bond acceptors (Lipinski definition) is 3. The van der Waals surface area contributed by atoms with Gasteiger partial charge in [0.2, 0.25) is 0 Å². The maximum Gasteiger partial charge on any atom is 0.175 e. The molecule has 3 nitrogen and oxygen atoms in total. The van der Waals surface area contributed by atoms with Gasteiger partial charge in [-0.25, -0.2) is 0 Å². The first-order valence-corrected chi connectivity index (χ1v) is 8.03. The molecule has 2 rings (SSSR count). The molecule has 0 bridgehead atoms. The summed E-state index contributed by atoms with van der Waals surface area (Å²) in [5.74, 6) is 0.0138. The minimum atomic E-state index is -1.15. The summed E-state index contributed by atoms with van der Waals surface area (Å²) >= 11 is 3.32. The number of carbonyl (C=O) groups is 1. The van der Waals surface area contributed by atoms with Gasteiger partial charge in [-0.2, -0.15) is 0 Å². The molecule has 1 aliphatic rings. The third-order valence-corrected chi connectivity index (χ3v) is 5.45. The molecule has 1 aromatic rings. The van der Waals surface area contributed by atoms with Crippen molar-refractivity contribution in [1.82, 2.24) is 0 Å². The van der Waals surface area contributed by atoms with E-state index in [1.54, 1.807) is 12.1 Å². The number of rotatable bonds is 4. The molecule has 0 N–H and O–H groups in total. The minimum absolute atomic E-state index is 0.00982. The van der Waals surface area contributed by atoms with Crippen molar-refractivity contribution in [3.05, 3.63) is 34.3 Å². The fraction of sp³-hybridized carbons (Fsp3) is 0.462. The number of carbonyl (C=O) groups excluding carboxylic acids is 1. The van der Waals surface area contributed by atoms with Gasteiger partial charge in [-0.05, 0) is 25.5 Å². The SMILES string of the molecule is CC1OCCC1S(=O)CC(=O)c1ccc(Br)cc1. The number of ether oxygens (including phenoxy) is 1. The fourth-order valence-electron chi connectivity index (χ4n) is 2.01. The van der Waals surface area contributed by atoms with E-state index in [1.165, 1.54) is 0 Å². The molecular formula is C13H15BrO3S. The number of benzene rings is 1. The second-order valence-corrected chi connectivity index (χ2v) is 6.93. The van der Waals surface area contributed by atoms with E-state index in [-0.39, 0.29) is 22.9 Å². The number of halogens is 1. The highest BCUT2D eigenvalue weighted by Crippen LogP contribution is 2.19. The van der Waals surface area contributed by atoms with Crippen LogP contribution in [0.4, 0.5) is 0 Å². The van der Waals surface area contributed by atoms with Crippen molar-refractivity contribution in [2.24, 2.45) is 0 Å². The number of ketones is 1. The van der Waals surface area contributed by atoms with Gasteiger partial charge in [0.25, 0.3) is 0 Å². The predicted molar refractivity (Wildman–Crippen MR) is 75.3 cm³/mol. The summed E-state index contributed by atoms with van der Waals surface area (Å²) in [7, 11) is -1.15. The molecule has 0 aromatic heterocycles. The van der Waals surface area contributed by atoms with Crippen molar-refractivity contribution >= 4 is 32.5 Å². The van der Waals surface area contributed by atoms with Crippen LogP contribution in [0.25, 0.3) is 0 Å². The highest BCUT2D eigenvalue weighted by Gasteiger charge is 2.30. The highest BCUT2D eigenvalue weighted by atomic mass is 79.9. The van der Waals surface area contributed by atoms with Crippen LogP contribution in [0.1, 0.15) is 23.7 Å². The van der Waals surface area contributed by atoms with Gasteiger partial charge in [0.15, 0.2) is 5.78 Å². The Morgan fingerprint density at radius 3 is 2.67 bits per heavy atom. The Bertz CT molecular complexity index is 458. The predicted octanol–water partition coefficient (Wildman–Crippen LogP) is 2.56. The fourth-order valence-corrected chi connectivity index (χ4v) is 3.78. The third kappa shape index (κ3) is 3.28. The van der Waals surface area contributed by atoms with Gasteiger partial charge in [0.05, 0.1) is 17.1 Å². The molecule has 5 heteroatoms. The molecule has 3 atom stereocenters. The number of hydrogen-bond donors (Lipinski definition) is 0. The van der Waals surface area contributed by atoms with E-state index in [2.05, 4.69) is 15.9 Å². The molecule has 1 heterocycles.